The second kappa shape index (κ2) is 39.0. The number of amides is 7. The number of hydrogen-bond acceptors (Lipinski definition) is 27. The summed E-state index contributed by atoms with van der Waals surface area (Å²) in [5.74, 6) is -14.2. The van der Waals surface area contributed by atoms with Gasteiger partial charge in [-0.15, -0.1) is 0 Å². The zero-order valence-electron chi connectivity index (χ0n) is 63.1. The van der Waals surface area contributed by atoms with Crippen LogP contribution in [0.1, 0.15) is 157 Å². The highest BCUT2D eigenvalue weighted by Gasteiger charge is 2.52. The van der Waals surface area contributed by atoms with Gasteiger partial charge in [0.25, 0.3) is 0 Å². The number of carbonyl (C=O) groups excluding carboxylic acids is 7. The van der Waals surface area contributed by atoms with Crippen molar-refractivity contribution >= 4 is 92.1 Å². The number of unbranched alkanes of at least 4 members (excludes halogenated alkanes) is 6. The summed E-state index contributed by atoms with van der Waals surface area (Å²) < 4.78 is 39.4. The molecule has 2 saturated heterocycles. The van der Waals surface area contributed by atoms with E-state index < -0.39 is 231 Å². The number of carboxylic acid groups (broad SMARTS) is 1. The van der Waals surface area contributed by atoms with Gasteiger partial charge in [-0.05, 0) is 117 Å². The highest BCUT2D eigenvalue weighted by atomic mass is 35.5. The molecule has 37 heteroatoms. The zero-order chi connectivity index (χ0) is 82.7. The first-order valence-electron chi connectivity index (χ1n) is 37.4. The lowest BCUT2D eigenvalue weighted by molar-refractivity contribution is -0.334. The molecule has 7 aliphatic heterocycles. The number of phenols is 3. The number of aliphatic hydroxyl groups excluding tert-OH is 6. The van der Waals surface area contributed by atoms with Crippen LogP contribution >= 0.6 is 44.8 Å². The van der Waals surface area contributed by atoms with Crippen LogP contribution in [-0.2, 0) is 52.6 Å². The molecule has 0 unspecified atom stereocenters. The number of carboxylic acids is 1. The Morgan fingerprint density at radius 3 is 1.93 bits per heavy atom. The summed E-state index contributed by atoms with van der Waals surface area (Å²) in [4.78, 5) is 118. The smallest absolute Gasteiger partial charge is 0.330 e. The third kappa shape index (κ3) is 20.8. The number of aliphatic hydroxyl groups is 6. The van der Waals surface area contributed by atoms with Gasteiger partial charge in [0.05, 0.1) is 41.3 Å². The maximum atomic E-state index is 16.2. The highest BCUT2D eigenvalue weighted by molar-refractivity contribution is 8.76. The number of aromatic hydroxyl groups is 3. The standard InChI is InChI=1S/C77H97Cl2N9O24S2/c1-7-8-9-10-11-12-13-21-113-114-22-20-82-77(5)32-55(107-35(4)68(77)98)111-67-65(97)64(96)53(33-89)110-76(67)112-66-51-27-39-28-52(66)109-50-19-16-38(26-44(50)79)63(95)61-74(104)86-59(75(105)106)42-29-40(90)30-48(92)56(42)41-24-36(14-17-47(41)91)57(71(101)88-61)85-72(102)58(39)84-70(100)46(31-54(80)93)83-73(103)60(87-69(99)45(81-6)23-34(2)3)62(94)37-15-18-49(108-51)43(78)25-37/h14-19,24-30,34-35,45-46,53,55,57-65,67-68,76,81-82,89-92,94-98H,7-13,20-23,31-33H2,1-6H3,(H2,80,93)(H,83,103)(H,84,100)(H,85,102)(H,86,104)(H,87,99)(H,88,101)(H,105,106)/t35-,45-,46+,53+,55+,57-,58-,59+,60-,61+,62-,63-,64+,65+,67+,68-,76-,77+/m1/s1. The predicted molar refractivity (Wildman–Crippen MR) is 416 cm³/mol. The van der Waals surface area contributed by atoms with Crippen LogP contribution in [-0.4, -0.2) is 209 Å². The van der Waals surface area contributed by atoms with Crippen molar-refractivity contribution in [2.45, 2.75) is 208 Å². The first-order valence-corrected chi connectivity index (χ1v) is 40.6. The van der Waals surface area contributed by atoms with Gasteiger partial charge in [0, 0.05) is 52.8 Å². The molecule has 7 aliphatic rings. The van der Waals surface area contributed by atoms with E-state index in [9.17, 15) is 75.0 Å². The Balaban J connectivity index is 1.15. The molecule has 620 valence electrons. The zero-order valence-corrected chi connectivity index (χ0v) is 66.3. The molecule has 12 rings (SSSR count). The van der Waals surface area contributed by atoms with E-state index >= 15 is 14.4 Å². The topological polar surface area (TPSA) is 517 Å². The fraction of sp³-hybridized carbons (Fsp3) is 0.506. The molecule has 33 nitrogen and oxygen atoms in total. The van der Waals surface area contributed by atoms with Gasteiger partial charge in [-0.1, -0.05) is 122 Å². The molecule has 18 atom stereocenters. The quantitative estimate of drug-likeness (QED) is 0.0259. The van der Waals surface area contributed by atoms with Crippen molar-refractivity contribution in [1.29, 1.82) is 0 Å². The molecule has 20 N–H and O–H groups in total. The molecule has 0 aromatic heterocycles. The summed E-state index contributed by atoms with van der Waals surface area (Å²) >= 11 is 14.3. The number of rotatable bonds is 26. The van der Waals surface area contributed by atoms with Crippen molar-refractivity contribution in [3.05, 3.63) is 117 Å². The average molecular weight is 1670 g/mol. The first-order chi connectivity index (χ1) is 54.2. The van der Waals surface area contributed by atoms with Crippen LogP contribution in [0.5, 0.6) is 46.0 Å². The molecule has 11 bridgehead atoms. The number of likely N-dealkylation sites (N-methyl/N-ethyl adjacent to an activating group) is 1. The van der Waals surface area contributed by atoms with Crippen molar-refractivity contribution in [2.75, 3.05) is 31.7 Å². The van der Waals surface area contributed by atoms with Gasteiger partial charge in [0.1, 0.15) is 89.5 Å². The monoisotopic (exact) mass is 1670 g/mol. The Bertz CT molecular complexity index is 4350. The maximum Gasteiger partial charge on any atom is 0.330 e. The van der Waals surface area contributed by atoms with Crippen LogP contribution in [0.25, 0.3) is 11.1 Å². The summed E-state index contributed by atoms with van der Waals surface area (Å²) in [5, 5.41) is 136. The molecule has 0 radical (unpaired) electrons. The molecule has 0 saturated carbocycles. The minimum atomic E-state index is -2.35. The normalized spacial score (nSPS) is 27.4. The lowest BCUT2D eigenvalue weighted by Gasteiger charge is -2.48. The van der Waals surface area contributed by atoms with Gasteiger partial charge >= 0.3 is 5.97 Å². The van der Waals surface area contributed by atoms with Crippen LogP contribution in [0.3, 0.4) is 0 Å². The van der Waals surface area contributed by atoms with Gasteiger partial charge in [-0.2, -0.15) is 0 Å². The molecule has 0 spiro atoms. The van der Waals surface area contributed by atoms with E-state index in [4.69, 9.17) is 57.4 Å². The van der Waals surface area contributed by atoms with E-state index in [0.29, 0.717) is 12.3 Å². The third-order valence-corrected chi connectivity index (χ3v) is 23.4. The van der Waals surface area contributed by atoms with Gasteiger partial charge in [-0.3, -0.25) is 33.6 Å². The largest absolute Gasteiger partial charge is 0.508 e. The Morgan fingerprint density at radius 2 is 1.31 bits per heavy atom. The molecule has 0 aliphatic carbocycles. The van der Waals surface area contributed by atoms with Crippen molar-refractivity contribution in [1.82, 2.24) is 42.5 Å². The summed E-state index contributed by atoms with van der Waals surface area (Å²) in [7, 11) is 4.91. The number of ether oxygens (including phenoxy) is 6. The summed E-state index contributed by atoms with van der Waals surface area (Å²) in [6, 6.07) is -0.431. The molecule has 114 heavy (non-hydrogen) atoms. The molecular formula is C77H97Cl2N9O24S2. The molecular weight excluding hydrogens is 1570 g/mol. The lowest BCUT2D eigenvalue weighted by atomic mass is 9.85. The molecule has 7 heterocycles. The molecule has 2 fully saturated rings. The van der Waals surface area contributed by atoms with Crippen molar-refractivity contribution in [3.63, 3.8) is 0 Å². The average Bonchev–Trinajstić information content (AvgIpc) is 0.771. The summed E-state index contributed by atoms with van der Waals surface area (Å²) in [6.45, 7) is 8.68. The predicted octanol–water partition coefficient (Wildman–Crippen LogP) is 4.87. The van der Waals surface area contributed by atoms with Gasteiger partial charge in [-0.25, -0.2) is 4.79 Å². The van der Waals surface area contributed by atoms with Crippen LogP contribution in [0.4, 0.5) is 0 Å². The van der Waals surface area contributed by atoms with E-state index in [-0.39, 0.29) is 52.0 Å². The number of hydrogen-bond donors (Lipinski definition) is 19. The molecule has 5 aromatic rings. The Morgan fingerprint density at radius 1 is 0.693 bits per heavy atom. The Kier molecular flexibility index (Phi) is 30.0. The molecule has 7 amide bonds. The number of aliphatic carboxylic acids is 1. The number of carbonyl (C=O) groups is 8. The lowest BCUT2D eigenvalue weighted by Crippen LogP contribution is -2.65. The first kappa shape index (κ1) is 87.9. The number of nitrogens with one attached hydrogen (secondary N) is 8. The van der Waals surface area contributed by atoms with Crippen LogP contribution in [0.2, 0.25) is 10.0 Å². The van der Waals surface area contributed by atoms with E-state index in [2.05, 4.69) is 49.5 Å². The van der Waals surface area contributed by atoms with Gasteiger partial charge in [0.2, 0.25) is 53.4 Å². The maximum absolute atomic E-state index is 16.2. The van der Waals surface area contributed by atoms with Crippen molar-refractivity contribution in [2.24, 2.45) is 11.7 Å². The number of primary amides is 1. The summed E-state index contributed by atoms with van der Waals surface area (Å²) in [6.07, 6.45) is -9.89. The third-order valence-electron chi connectivity index (χ3n) is 20.4. The summed E-state index contributed by atoms with van der Waals surface area (Å²) in [5.41, 5.74) is 1.88. The van der Waals surface area contributed by atoms with E-state index in [0.717, 1.165) is 85.3 Å². The second-order valence-electron chi connectivity index (χ2n) is 29.3. The minimum absolute atomic E-state index is 0.0951. The number of fused-ring (bicyclic) bond motifs is 15. The van der Waals surface area contributed by atoms with Crippen LogP contribution in [0, 0.1) is 5.92 Å². The van der Waals surface area contributed by atoms with Crippen LogP contribution in [0.15, 0.2) is 78.9 Å². The van der Waals surface area contributed by atoms with Gasteiger partial charge in [0.15, 0.2) is 29.9 Å². The number of halogens is 2. The van der Waals surface area contributed by atoms with Crippen molar-refractivity contribution in [3.8, 4) is 57.1 Å². The Hall–Kier alpha value is -8.50. The highest BCUT2D eigenvalue weighted by Crippen LogP contribution is 2.50. The van der Waals surface area contributed by atoms with Gasteiger partial charge < -0.3 is 128 Å². The van der Waals surface area contributed by atoms with E-state index in [1.807, 2.05) is 13.8 Å². The number of phenolic OH excluding ortho intramolecular Hbond substituents is 3. The van der Waals surface area contributed by atoms with E-state index in [1.165, 1.54) is 51.3 Å². The Labute approximate surface area is 674 Å². The van der Waals surface area contributed by atoms with E-state index in [1.54, 1.807) is 35.4 Å². The molecule has 5 aromatic carbocycles. The fourth-order valence-electron chi connectivity index (χ4n) is 14.3. The number of benzene rings is 5. The number of nitrogens with two attached hydrogens (primary N) is 1. The van der Waals surface area contributed by atoms with Crippen molar-refractivity contribution < 1.29 is 118 Å². The fourth-order valence-corrected chi connectivity index (χ4v) is 16.8. The SMILES string of the molecule is CCCCCCCCCSSCCN[C@@]1(C)C[C@H](O[C@@H]2[C@@H](Oc3c4cc5cc3Oc3ccc(cc3Cl)[C@@H](O)[C@@H](NC(=O)[C@@H](CC(C)C)NC)C(=O)N[C@@H](CC(N)=O)C(=O)N[C@H]5C(=O)N[C@H]3C(=O)N[C@H](C(=O)N[C@H](C(=O)O)c5cc(O)cc(O)c5-c5cc3ccc5O)[C@H](O)c3ccc(c(Cl)c3)O4)O[C@@H](CO)[C@H](O)[C@@H]2O)O[C@H](C)[C@H]1O. The second-order valence-corrected chi connectivity index (χ2v) is 32.8. The van der Waals surface area contributed by atoms with Crippen LogP contribution < -0.4 is 62.5 Å². The minimum Gasteiger partial charge on any atom is -0.508 e.